The van der Waals surface area contributed by atoms with Crippen molar-refractivity contribution in [1.82, 2.24) is 0 Å². The van der Waals surface area contributed by atoms with E-state index in [0.717, 1.165) is 29.2 Å². The standard InChI is InChI=1S/C16H19NO3/c17-14-4-8-16(9-5-14)20-11-1-10-19-15-6-2-13(12-18)3-7-15/h2-9,18H,1,10-12,17H2. The molecule has 0 fully saturated rings. The van der Waals surface area contributed by atoms with Gasteiger partial charge in [-0.15, -0.1) is 0 Å². The van der Waals surface area contributed by atoms with Crippen LogP contribution in [-0.2, 0) is 6.61 Å². The summed E-state index contributed by atoms with van der Waals surface area (Å²) in [6.45, 7) is 1.24. The van der Waals surface area contributed by atoms with E-state index in [2.05, 4.69) is 0 Å². The number of benzene rings is 2. The maximum absolute atomic E-state index is 8.93. The molecule has 3 N–H and O–H groups in total. The second-order valence-corrected chi connectivity index (χ2v) is 4.42. The van der Waals surface area contributed by atoms with Gasteiger partial charge in [-0.1, -0.05) is 12.1 Å². The first-order valence-corrected chi connectivity index (χ1v) is 6.59. The number of anilines is 1. The molecule has 4 heteroatoms. The number of ether oxygens (including phenoxy) is 2. The first kappa shape index (κ1) is 14.2. The quantitative estimate of drug-likeness (QED) is 0.601. The molecule has 0 unspecified atom stereocenters. The van der Waals surface area contributed by atoms with Crippen LogP contribution in [0.15, 0.2) is 48.5 Å². The van der Waals surface area contributed by atoms with Crippen LogP contribution < -0.4 is 15.2 Å². The van der Waals surface area contributed by atoms with Crippen molar-refractivity contribution in [2.45, 2.75) is 13.0 Å². The highest BCUT2D eigenvalue weighted by Gasteiger charge is 1.96. The van der Waals surface area contributed by atoms with Crippen molar-refractivity contribution in [2.24, 2.45) is 0 Å². The smallest absolute Gasteiger partial charge is 0.119 e. The third kappa shape index (κ3) is 4.48. The molecule has 20 heavy (non-hydrogen) atoms. The predicted molar refractivity (Wildman–Crippen MR) is 78.8 cm³/mol. The summed E-state index contributed by atoms with van der Waals surface area (Å²) < 4.78 is 11.1. The topological polar surface area (TPSA) is 64.7 Å². The lowest BCUT2D eigenvalue weighted by molar-refractivity contribution is 0.247. The van der Waals surface area contributed by atoms with Gasteiger partial charge in [0.1, 0.15) is 11.5 Å². The molecule has 0 amide bonds. The van der Waals surface area contributed by atoms with E-state index in [1.165, 1.54) is 0 Å². The Hall–Kier alpha value is -2.20. The highest BCUT2D eigenvalue weighted by atomic mass is 16.5. The molecule has 0 aromatic heterocycles. The van der Waals surface area contributed by atoms with E-state index in [1.54, 1.807) is 0 Å². The van der Waals surface area contributed by atoms with Gasteiger partial charge in [-0.25, -0.2) is 0 Å². The van der Waals surface area contributed by atoms with Gasteiger partial charge in [0.05, 0.1) is 19.8 Å². The van der Waals surface area contributed by atoms with E-state index in [1.807, 2.05) is 48.5 Å². The molecule has 0 atom stereocenters. The number of nitrogen functional groups attached to an aromatic ring is 1. The molecule has 4 nitrogen and oxygen atoms in total. The normalized spacial score (nSPS) is 10.2. The summed E-state index contributed by atoms with van der Waals surface area (Å²) in [5.74, 6) is 1.61. The number of aliphatic hydroxyl groups is 1. The molecular weight excluding hydrogens is 254 g/mol. The van der Waals surface area contributed by atoms with Crippen molar-refractivity contribution in [1.29, 1.82) is 0 Å². The van der Waals surface area contributed by atoms with Crippen LogP contribution in [0, 0.1) is 0 Å². The van der Waals surface area contributed by atoms with Gasteiger partial charge >= 0.3 is 0 Å². The highest BCUT2D eigenvalue weighted by Crippen LogP contribution is 2.14. The van der Waals surface area contributed by atoms with Crippen molar-refractivity contribution in [3.05, 3.63) is 54.1 Å². The third-order valence-corrected chi connectivity index (χ3v) is 2.81. The van der Waals surface area contributed by atoms with Gasteiger partial charge in [0, 0.05) is 12.1 Å². The van der Waals surface area contributed by atoms with Crippen LogP contribution >= 0.6 is 0 Å². The fraction of sp³-hybridized carbons (Fsp3) is 0.250. The van der Waals surface area contributed by atoms with E-state index >= 15 is 0 Å². The van der Waals surface area contributed by atoms with Crippen molar-refractivity contribution in [2.75, 3.05) is 18.9 Å². The molecule has 0 aliphatic carbocycles. The molecule has 0 radical (unpaired) electrons. The highest BCUT2D eigenvalue weighted by molar-refractivity contribution is 5.41. The van der Waals surface area contributed by atoms with Crippen LogP contribution in [0.5, 0.6) is 11.5 Å². The minimum atomic E-state index is 0.0513. The van der Waals surface area contributed by atoms with Gasteiger partial charge in [0.15, 0.2) is 0 Å². The molecule has 0 aliphatic rings. The molecule has 0 spiro atoms. The second-order valence-electron chi connectivity index (χ2n) is 4.42. The Morgan fingerprint density at radius 1 is 0.800 bits per heavy atom. The lowest BCUT2D eigenvalue weighted by Gasteiger charge is -2.08. The average molecular weight is 273 g/mol. The average Bonchev–Trinajstić information content (AvgIpc) is 2.49. The van der Waals surface area contributed by atoms with Gasteiger partial charge < -0.3 is 20.3 Å². The Balaban J connectivity index is 1.64. The minimum absolute atomic E-state index is 0.0513. The number of aliphatic hydroxyl groups excluding tert-OH is 1. The van der Waals surface area contributed by atoms with Gasteiger partial charge in [-0.3, -0.25) is 0 Å². The Morgan fingerprint density at radius 3 is 1.80 bits per heavy atom. The zero-order valence-electron chi connectivity index (χ0n) is 11.3. The largest absolute Gasteiger partial charge is 0.493 e. The van der Waals surface area contributed by atoms with E-state index in [9.17, 15) is 0 Å². The van der Waals surface area contributed by atoms with Crippen LogP contribution in [0.4, 0.5) is 5.69 Å². The third-order valence-electron chi connectivity index (χ3n) is 2.81. The Morgan fingerprint density at radius 2 is 1.30 bits per heavy atom. The Bertz CT molecular complexity index is 508. The summed E-state index contributed by atoms with van der Waals surface area (Å²) in [6.07, 6.45) is 0.798. The van der Waals surface area contributed by atoms with Crippen LogP contribution in [0.2, 0.25) is 0 Å². The lowest BCUT2D eigenvalue weighted by atomic mass is 10.2. The summed E-state index contributed by atoms with van der Waals surface area (Å²) in [4.78, 5) is 0. The summed E-state index contributed by atoms with van der Waals surface area (Å²) >= 11 is 0. The van der Waals surface area contributed by atoms with Gasteiger partial charge in [-0.2, -0.15) is 0 Å². The number of rotatable bonds is 7. The van der Waals surface area contributed by atoms with Crippen molar-refractivity contribution >= 4 is 5.69 Å². The first-order chi connectivity index (χ1) is 9.78. The van der Waals surface area contributed by atoms with Crippen LogP contribution in [0.25, 0.3) is 0 Å². The molecule has 0 heterocycles. The summed E-state index contributed by atoms with van der Waals surface area (Å²) in [5.41, 5.74) is 7.20. The molecule has 2 aromatic rings. The SMILES string of the molecule is Nc1ccc(OCCCOc2ccc(CO)cc2)cc1. The summed E-state index contributed by atoms with van der Waals surface area (Å²) in [7, 11) is 0. The predicted octanol–water partition coefficient (Wildman–Crippen LogP) is 2.61. The second kappa shape index (κ2) is 7.40. The molecule has 2 rings (SSSR count). The van der Waals surface area contributed by atoms with Gasteiger partial charge in [-0.05, 0) is 42.0 Å². The van der Waals surface area contributed by atoms with Crippen LogP contribution in [0.1, 0.15) is 12.0 Å². The fourth-order valence-electron chi connectivity index (χ4n) is 1.69. The maximum atomic E-state index is 8.93. The summed E-state index contributed by atoms with van der Waals surface area (Å²) in [5, 5.41) is 8.93. The fourth-order valence-corrected chi connectivity index (χ4v) is 1.69. The van der Waals surface area contributed by atoms with Gasteiger partial charge in [0.2, 0.25) is 0 Å². The molecule has 0 saturated heterocycles. The molecule has 2 aromatic carbocycles. The van der Waals surface area contributed by atoms with Gasteiger partial charge in [0.25, 0.3) is 0 Å². The minimum Gasteiger partial charge on any atom is -0.493 e. The monoisotopic (exact) mass is 273 g/mol. The number of nitrogens with two attached hydrogens (primary N) is 1. The molecule has 106 valence electrons. The Labute approximate surface area is 118 Å². The molecular formula is C16H19NO3. The molecule has 0 aliphatic heterocycles. The number of hydrogen-bond acceptors (Lipinski definition) is 4. The zero-order chi connectivity index (χ0) is 14.2. The lowest BCUT2D eigenvalue weighted by Crippen LogP contribution is -2.05. The molecule has 0 saturated carbocycles. The van der Waals surface area contributed by atoms with E-state index in [4.69, 9.17) is 20.3 Å². The number of hydrogen-bond donors (Lipinski definition) is 2. The van der Waals surface area contributed by atoms with E-state index in [0.29, 0.717) is 13.2 Å². The Kier molecular flexibility index (Phi) is 5.26. The van der Waals surface area contributed by atoms with E-state index in [-0.39, 0.29) is 6.61 Å². The first-order valence-electron chi connectivity index (χ1n) is 6.59. The van der Waals surface area contributed by atoms with Crippen molar-refractivity contribution < 1.29 is 14.6 Å². The van der Waals surface area contributed by atoms with Crippen LogP contribution in [-0.4, -0.2) is 18.3 Å². The van der Waals surface area contributed by atoms with Crippen molar-refractivity contribution in [3.63, 3.8) is 0 Å². The van der Waals surface area contributed by atoms with E-state index < -0.39 is 0 Å². The molecule has 0 bridgehead atoms. The summed E-state index contributed by atoms with van der Waals surface area (Å²) in [6, 6.07) is 14.7. The maximum Gasteiger partial charge on any atom is 0.119 e. The zero-order valence-corrected chi connectivity index (χ0v) is 11.3. The van der Waals surface area contributed by atoms with Crippen molar-refractivity contribution in [3.8, 4) is 11.5 Å². The van der Waals surface area contributed by atoms with Crippen LogP contribution in [0.3, 0.4) is 0 Å².